The highest BCUT2D eigenvalue weighted by molar-refractivity contribution is 6.33. The van der Waals surface area contributed by atoms with E-state index in [0.29, 0.717) is 46.4 Å². The third-order valence-corrected chi connectivity index (χ3v) is 7.40. The quantitative estimate of drug-likeness (QED) is 0.203. The van der Waals surface area contributed by atoms with E-state index < -0.39 is 0 Å². The van der Waals surface area contributed by atoms with Crippen molar-refractivity contribution >= 4 is 45.3 Å². The fourth-order valence-corrected chi connectivity index (χ4v) is 4.89. The lowest BCUT2D eigenvalue weighted by molar-refractivity contribution is 0.268. The zero-order valence-electron chi connectivity index (χ0n) is 23.2. The number of hydrogen-bond acceptors (Lipinski definition) is 6. The monoisotopic (exact) mass is 604 g/mol. The van der Waals surface area contributed by atoms with Gasteiger partial charge < -0.3 is 28.8 Å². The van der Waals surface area contributed by atoms with Crippen molar-refractivity contribution < 1.29 is 19.7 Å². The number of imidazole rings is 2. The van der Waals surface area contributed by atoms with Gasteiger partial charge in [-0.15, -0.1) is 0 Å². The van der Waals surface area contributed by atoms with Gasteiger partial charge in [0.2, 0.25) is 0 Å². The predicted octanol–water partition coefficient (Wildman–Crippen LogP) is 6.60. The van der Waals surface area contributed by atoms with Gasteiger partial charge in [-0.2, -0.15) is 0 Å². The van der Waals surface area contributed by atoms with Crippen LogP contribution in [-0.4, -0.2) is 29.3 Å². The van der Waals surface area contributed by atoms with Crippen molar-refractivity contribution in [3.8, 4) is 11.5 Å². The van der Waals surface area contributed by atoms with Gasteiger partial charge in [-0.05, 0) is 23.3 Å². The molecular weight excluding hydrogens is 575 g/mol. The maximum Gasteiger partial charge on any atom is 0.140 e. The molecule has 4 aromatic carbocycles. The fourth-order valence-electron chi connectivity index (χ4n) is 4.46. The molecule has 0 radical (unpaired) electrons. The molecule has 2 N–H and O–H groups in total. The summed E-state index contributed by atoms with van der Waals surface area (Å²) in [6, 6.07) is 27.0. The van der Waals surface area contributed by atoms with Crippen LogP contribution in [0.5, 0.6) is 11.5 Å². The second-order valence-electron chi connectivity index (χ2n) is 9.58. The number of halogens is 2. The molecule has 6 aromatic rings. The summed E-state index contributed by atoms with van der Waals surface area (Å²) in [5.41, 5.74) is 5.41. The molecule has 0 amide bonds. The topological polar surface area (TPSA) is 94.6 Å². The first kappa shape index (κ1) is 29.4. The Morgan fingerprint density at radius 1 is 0.619 bits per heavy atom. The Bertz CT molecular complexity index is 1800. The van der Waals surface area contributed by atoms with E-state index in [1.165, 1.54) is 0 Å². The summed E-state index contributed by atoms with van der Waals surface area (Å²) in [5.74, 6) is 2.40. The highest BCUT2D eigenvalue weighted by Gasteiger charge is 2.13. The second kappa shape index (κ2) is 13.3. The van der Waals surface area contributed by atoms with E-state index in [4.69, 9.17) is 32.7 Å². The number of hydrogen-bond donors (Lipinski definition) is 2. The maximum absolute atomic E-state index is 9.26. The Labute approximate surface area is 253 Å². The van der Waals surface area contributed by atoms with Gasteiger partial charge in [0, 0.05) is 26.2 Å². The van der Waals surface area contributed by atoms with Crippen LogP contribution >= 0.6 is 23.2 Å². The van der Waals surface area contributed by atoms with Crippen LogP contribution in [0.1, 0.15) is 22.8 Å². The molecule has 0 bridgehead atoms. The molecule has 0 saturated heterocycles. The van der Waals surface area contributed by atoms with E-state index in [0.717, 1.165) is 33.2 Å². The van der Waals surface area contributed by atoms with Gasteiger partial charge in [0.25, 0.3) is 0 Å². The van der Waals surface area contributed by atoms with Gasteiger partial charge in [0.1, 0.15) is 49.6 Å². The molecule has 0 atom stereocenters. The number of ether oxygens (including phenoxy) is 2. The molecule has 0 aliphatic carbocycles. The number of benzene rings is 4. The Morgan fingerprint density at radius 3 is 1.55 bits per heavy atom. The SMILES string of the molecule is Cn1c(CO)nc2cc(Cl)c(OCc3ccccc3)cc21.Cn1c(CO)nc2cc(OCc3ccccc3)c(Cl)cc21. The van der Waals surface area contributed by atoms with Crippen molar-refractivity contribution in [2.24, 2.45) is 14.1 Å². The Hall–Kier alpha value is -4.08. The predicted molar refractivity (Wildman–Crippen MR) is 165 cm³/mol. The lowest BCUT2D eigenvalue weighted by Gasteiger charge is -2.09. The van der Waals surface area contributed by atoms with E-state index in [-0.39, 0.29) is 13.2 Å². The second-order valence-corrected chi connectivity index (χ2v) is 10.4. The highest BCUT2D eigenvalue weighted by Crippen LogP contribution is 2.32. The van der Waals surface area contributed by atoms with Crippen LogP contribution in [0.25, 0.3) is 22.1 Å². The number of fused-ring (bicyclic) bond motifs is 2. The standard InChI is InChI=1S/2C16H15ClN2O2/c1-19-14-7-12(17)15(8-13(14)18-16(19)9-20)21-10-11-5-3-2-4-6-11;1-19-14-8-15(21-10-11-5-3-2-4-6-11)12(17)7-13(14)18-16(19)9-20/h2*2-8,20H,9-10H2,1H3. The van der Waals surface area contributed by atoms with E-state index in [2.05, 4.69) is 9.97 Å². The minimum Gasteiger partial charge on any atom is -0.487 e. The lowest BCUT2D eigenvalue weighted by Crippen LogP contribution is -1.98. The molecule has 0 spiro atoms. The van der Waals surface area contributed by atoms with Crippen molar-refractivity contribution in [2.75, 3.05) is 0 Å². The summed E-state index contributed by atoms with van der Waals surface area (Å²) < 4.78 is 15.2. The molecule has 10 heteroatoms. The van der Waals surface area contributed by atoms with Crippen molar-refractivity contribution in [1.82, 2.24) is 19.1 Å². The zero-order valence-corrected chi connectivity index (χ0v) is 24.7. The number of nitrogens with zero attached hydrogens (tertiary/aromatic N) is 4. The van der Waals surface area contributed by atoms with Gasteiger partial charge >= 0.3 is 0 Å². The third kappa shape index (κ3) is 6.53. The molecule has 42 heavy (non-hydrogen) atoms. The zero-order chi connectivity index (χ0) is 29.6. The van der Waals surface area contributed by atoms with Gasteiger partial charge in [0.05, 0.1) is 32.1 Å². The molecule has 0 saturated carbocycles. The average Bonchev–Trinajstić information content (AvgIpc) is 3.50. The first-order chi connectivity index (χ1) is 20.4. The number of aliphatic hydroxyl groups excluding tert-OH is 2. The Kier molecular flexibility index (Phi) is 9.29. The molecular formula is C32H30Cl2N4O4. The van der Waals surface area contributed by atoms with Crippen LogP contribution in [0.15, 0.2) is 84.9 Å². The summed E-state index contributed by atoms with van der Waals surface area (Å²) in [6.45, 7) is 0.689. The summed E-state index contributed by atoms with van der Waals surface area (Å²) in [6.07, 6.45) is 0. The van der Waals surface area contributed by atoms with Crippen LogP contribution in [-0.2, 0) is 40.5 Å². The summed E-state index contributed by atoms with van der Waals surface area (Å²) in [5, 5.41) is 19.6. The minimum atomic E-state index is -0.108. The van der Waals surface area contributed by atoms with E-state index in [1.807, 2.05) is 96.0 Å². The molecule has 6 rings (SSSR count). The minimum absolute atomic E-state index is 0.108. The molecule has 216 valence electrons. The van der Waals surface area contributed by atoms with Crippen molar-refractivity contribution in [3.63, 3.8) is 0 Å². The Balaban J connectivity index is 0.000000168. The number of aryl methyl sites for hydroxylation is 2. The first-order valence-corrected chi connectivity index (χ1v) is 14.0. The molecule has 2 aromatic heterocycles. The largest absolute Gasteiger partial charge is 0.487 e. The van der Waals surface area contributed by atoms with E-state index >= 15 is 0 Å². The molecule has 0 fully saturated rings. The maximum atomic E-state index is 9.26. The molecule has 2 heterocycles. The third-order valence-electron chi connectivity index (χ3n) is 6.81. The van der Waals surface area contributed by atoms with Crippen molar-refractivity contribution in [3.05, 3.63) is 118 Å². The van der Waals surface area contributed by atoms with Crippen LogP contribution in [0.4, 0.5) is 0 Å². The Morgan fingerprint density at radius 2 is 1.05 bits per heavy atom. The molecule has 0 aliphatic heterocycles. The summed E-state index contributed by atoms with van der Waals surface area (Å²) in [7, 11) is 3.71. The van der Waals surface area contributed by atoms with Crippen LogP contribution < -0.4 is 9.47 Å². The van der Waals surface area contributed by atoms with Gasteiger partial charge in [0.15, 0.2) is 0 Å². The summed E-state index contributed by atoms with van der Waals surface area (Å²) >= 11 is 12.5. The van der Waals surface area contributed by atoms with E-state index in [9.17, 15) is 10.2 Å². The fraction of sp³-hybridized carbons (Fsp3) is 0.188. The lowest BCUT2D eigenvalue weighted by atomic mass is 10.2. The first-order valence-electron chi connectivity index (χ1n) is 13.2. The smallest absolute Gasteiger partial charge is 0.140 e. The van der Waals surface area contributed by atoms with Gasteiger partial charge in [-0.1, -0.05) is 83.9 Å². The summed E-state index contributed by atoms with van der Waals surface area (Å²) in [4.78, 5) is 8.69. The average molecular weight is 606 g/mol. The van der Waals surface area contributed by atoms with Crippen molar-refractivity contribution in [1.29, 1.82) is 0 Å². The molecule has 0 unspecified atom stereocenters. The molecule has 8 nitrogen and oxygen atoms in total. The number of aromatic nitrogens is 4. The van der Waals surface area contributed by atoms with Crippen LogP contribution in [0.2, 0.25) is 10.0 Å². The normalized spacial score (nSPS) is 11.0. The van der Waals surface area contributed by atoms with Crippen molar-refractivity contribution in [2.45, 2.75) is 26.4 Å². The van der Waals surface area contributed by atoms with Gasteiger partial charge in [-0.3, -0.25) is 0 Å². The number of rotatable bonds is 8. The van der Waals surface area contributed by atoms with Crippen LogP contribution in [0, 0.1) is 0 Å². The number of aliphatic hydroxyl groups is 2. The molecule has 0 aliphatic rings. The van der Waals surface area contributed by atoms with Gasteiger partial charge in [-0.25, -0.2) is 9.97 Å². The van der Waals surface area contributed by atoms with Crippen LogP contribution in [0.3, 0.4) is 0 Å². The van der Waals surface area contributed by atoms with E-state index in [1.54, 1.807) is 12.1 Å². The highest BCUT2D eigenvalue weighted by atomic mass is 35.5.